The molecule has 1 fully saturated rings. The van der Waals surface area contributed by atoms with Gasteiger partial charge < -0.3 is 9.47 Å². The molecule has 0 aliphatic carbocycles. The Morgan fingerprint density at radius 3 is 2.90 bits per heavy atom. The van der Waals surface area contributed by atoms with Gasteiger partial charge in [-0.1, -0.05) is 17.7 Å². The molecule has 3 rings (SSSR count). The summed E-state index contributed by atoms with van der Waals surface area (Å²) in [6, 6.07) is 6.89. The third kappa shape index (κ3) is 2.38. The van der Waals surface area contributed by atoms with Gasteiger partial charge in [-0.2, -0.15) is 0 Å². The second-order valence-corrected chi connectivity index (χ2v) is 4.82. The maximum absolute atomic E-state index is 11.6. The van der Waals surface area contributed by atoms with Crippen LogP contribution in [-0.2, 0) is 9.47 Å². The lowest BCUT2D eigenvalue weighted by molar-refractivity contribution is 0.0594. The third-order valence-electron chi connectivity index (χ3n) is 3.24. The summed E-state index contributed by atoms with van der Waals surface area (Å²) in [5.74, 6) is -0.550. The number of hydrogen-bond donors (Lipinski definition) is 0. The summed E-state index contributed by atoms with van der Waals surface area (Å²) in [6.45, 7) is 0.861. The summed E-state index contributed by atoms with van der Waals surface area (Å²) >= 11 is 6.12. The number of carbonyl (C=O) groups is 2. The number of nitrogens with zero attached hydrogens (tertiary/aromatic N) is 2. The highest BCUT2D eigenvalue weighted by Crippen LogP contribution is 2.29. The van der Waals surface area contributed by atoms with Crippen LogP contribution in [-0.4, -0.2) is 37.3 Å². The number of amides is 1. The molecule has 1 aliphatic rings. The first kappa shape index (κ1) is 13.6. The lowest BCUT2D eigenvalue weighted by Gasteiger charge is -2.14. The molecular weight excluding hydrogens is 296 g/mol. The molecule has 108 valence electrons. The van der Waals surface area contributed by atoms with Crippen molar-refractivity contribution in [1.29, 1.82) is 0 Å². The van der Waals surface area contributed by atoms with Crippen LogP contribution < -0.4 is 4.90 Å². The molecule has 21 heavy (non-hydrogen) atoms. The van der Waals surface area contributed by atoms with Gasteiger partial charge in [0.05, 0.1) is 13.7 Å². The molecule has 0 atom stereocenters. The largest absolute Gasteiger partial charge is 0.464 e. The van der Waals surface area contributed by atoms with Crippen LogP contribution in [0.5, 0.6) is 0 Å². The molecular formula is C14H11ClN2O4. The fraction of sp³-hybridized carbons (Fsp3) is 0.214. The highest BCUT2D eigenvalue weighted by atomic mass is 35.5. The zero-order valence-corrected chi connectivity index (χ0v) is 11.9. The average Bonchev–Trinajstić information content (AvgIpc) is 2.92. The minimum atomic E-state index is -0.550. The van der Waals surface area contributed by atoms with Gasteiger partial charge in [-0.3, -0.25) is 4.90 Å². The number of fused-ring (bicyclic) bond motifs is 1. The second-order valence-electron chi connectivity index (χ2n) is 4.46. The van der Waals surface area contributed by atoms with Crippen LogP contribution in [0.1, 0.15) is 10.5 Å². The lowest BCUT2D eigenvalue weighted by atomic mass is 10.1. The highest BCUT2D eigenvalue weighted by Gasteiger charge is 2.24. The fourth-order valence-electron chi connectivity index (χ4n) is 2.20. The molecule has 0 N–H and O–H groups in total. The van der Waals surface area contributed by atoms with Gasteiger partial charge in [0, 0.05) is 11.1 Å². The Morgan fingerprint density at radius 1 is 1.43 bits per heavy atom. The van der Waals surface area contributed by atoms with Crippen molar-refractivity contribution in [3.05, 3.63) is 35.1 Å². The number of halogens is 1. The van der Waals surface area contributed by atoms with Gasteiger partial charge in [-0.25, -0.2) is 14.6 Å². The van der Waals surface area contributed by atoms with Gasteiger partial charge in [0.1, 0.15) is 11.8 Å². The number of carbonyl (C=O) groups excluding carboxylic acids is 2. The van der Waals surface area contributed by atoms with Crippen LogP contribution in [0.15, 0.2) is 24.3 Å². The number of hydrogen-bond acceptors (Lipinski definition) is 5. The highest BCUT2D eigenvalue weighted by molar-refractivity contribution is 6.34. The van der Waals surface area contributed by atoms with Crippen molar-refractivity contribution in [3.63, 3.8) is 0 Å². The Balaban J connectivity index is 2.08. The lowest BCUT2D eigenvalue weighted by Crippen LogP contribution is -2.23. The maximum Gasteiger partial charge on any atom is 0.414 e. The molecule has 1 aromatic heterocycles. The van der Waals surface area contributed by atoms with Crippen molar-refractivity contribution in [2.45, 2.75) is 0 Å². The monoisotopic (exact) mass is 306 g/mol. The van der Waals surface area contributed by atoms with Crippen LogP contribution >= 0.6 is 11.6 Å². The molecule has 6 nitrogen and oxygen atoms in total. The van der Waals surface area contributed by atoms with Crippen LogP contribution in [0.4, 0.5) is 10.5 Å². The van der Waals surface area contributed by atoms with E-state index in [4.69, 9.17) is 16.3 Å². The minimum absolute atomic E-state index is 0.142. The van der Waals surface area contributed by atoms with E-state index in [1.165, 1.54) is 12.0 Å². The maximum atomic E-state index is 11.6. The van der Waals surface area contributed by atoms with E-state index in [1.54, 1.807) is 24.3 Å². The molecule has 0 bridgehead atoms. The molecule has 1 saturated heterocycles. The van der Waals surface area contributed by atoms with Crippen molar-refractivity contribution < 1.29 is 19.1 Å². The van der Waals surface area contributed by atoms with Gasteiger partial charge >= 0.3 is 12.1 Å². The molecule has 0 saturated carbocycles. The number of pyridine rings is 1. The molecule has 0 spiro atoms. The summed E-state index contributed by atoms with van der Waals surface area (Å²) in [5.41, 5.74) is 0.822. The number of rotatable bonds is 2. The molecule has 7 heteroatoms. The second kappa shape index (κ2) is 5.21. The van der Waals surface area contributed by atoms with Crippen molar-refractivity contribution in [3.8, 4) is 0 Å². The van der Waals surface area contributed by atoms with Gasteiger partial charge in [-0.15, -0.1) is 0 Å². The fourth-order valence-corrected chi connectivity index (χ4v) is 2.45. The number of cyclic esters (lactones) is 1. The van der Waals surface area contributed by atoms with E-state index in [9.17, 15) is 9.59 Å². The summed E-state index contributed by atoms with van der Waals surface area (Å²) < 4.78 is 9.53. The quantitative estimate of drug-likeness (QED) is 0.630. The minimum Gasteiger partial charge on any atom is -0.464 e. The Morgan fingerprint density at radius 2 is 2.24 bits per heavy atom. The summed E-state index contributed by atoms with van der Waals surface area (Å²) in [5, 5.41) is 1.58. The van der Waals surface area contributed by atoms with E-state index in [2.05, 4.69) is 9.72 Å². The van der Waals surface area contributed by atoms with Gasteiger partial charge in [0.25, 0.3) is 0 Å². The summed E-state index contributed by atoms with van der Waals surface area (Å²) in [6.07, 6.45) is -0.385. The number of esters is 1. The standard InChI is InChI=1S/C14H11ClN2O4/c1-20-13(18)11-6-8-2-3-9(7-10(8)12(15)16-11)17-4-5-21-14(17)19/h2-3,6-7H,4-5H2,1H3. The normalized spacial score (nSPS) is 14.4. The zero-order chi connectivity index (χ0) is 15.0. The predicted molar refractivity (Wildman–Crippen MR) is 76.8 cm³/mol. The Kier molecular flexibility index (Phi) is 3.39. The van der Waals surface area contributed by atoms with E-state index in [-0.39, 0.29) is 16.9 Å². The number of ether oxygens (including phenoxy) is 2. The molecule has 0 unspecified atom stereocenters. The number of aromatic nitrogens is 1. The number of methoxy groups -OCH3 is 1. The van der Waals surface area contributed by atoms with Gasteiger partial charge in [0.15, 0.2) is 5.69 Å². The van der Waals surface area contributed by atoms with E-state index in [0.717, 1.165) is 5.39 Å². The molecule has 1 amide bonds. The Hall–Kier alpha value is -2.34. The van der Waals surface area contributed by atoms with E-state index in [0.29, 0.717) is 24.2 Å². The third-order valence-corrected chi connectivity index (χ3v) is 3.53. The number of anilines is 1. The van der Waals surface area contributed by atoms with Crippen LogP contribution in [0.2, 0.25) is 5.15 Å². The van der Waals surface area contributed by atoms with Crippen molar-refractivity contribution in [1.82, 2.24) is 4.98 Å². The Labute approximate surface area is 125 Å². The van der Waals surface area contributed by atoms with E-state index in [1.807, 2.05) is 0 Å². The first-order valence-corrected chi connectivity index (χ1v) is 6.61. The summed E-state index contributed by atoms with van der Waals surface area (Å²) in [7, 11) is 1.28. The first-order chi connectivity index (χ1) is 10.1. The average molecular weight is 307 g/mol. The molecule has 1 aliphatic heterocycles. The molecule has 0 radical (unpaired) electrons. The predicted octanol–water partition coefficient (Wildman–Crippen LogP) is 2.63. The zero-order valence-electron chi connectivity index (χ0n) is 11.1. The van der Waals surface area contributed by atoms with Gasteiger partial charge in [-0.05, 0) is 23.6 Å². The van der Waals surface area contributed by atoms with Crippen LogP contribution in [0.3, 0.4) is 0 Å². The van der Waals surface area contributed by atoms with Gasteiger partial charge in [0.2, 0.25) is 0 Å². The van der Waals surface area contributed by atoms with E-state index < -0.39 is 5.97 Å². The summed E-state index contributed by atoms with van der Waals surface area (Å²) in [4.78, 5) is 28.6. The smallest absolute Gasteiger partial charge is 0.414 e. The SMILES string of the molecule is COC(=O)c1cc2ccc(N3CCOC3=O)cc2c(Cl)n1. The number of benzene rings is 1. The van der Waals surface area contributed by atoms with E-state index >= 15 is 0 Å². The van der Waals surface area contributed by atoms with Crippen molar-refractivity contribution >= 4 is 40.1 Å². The topological polar surface area (TPSA) is 68.7 Å². The molecule has 2 aromatic rings. The van der Waals surface area contributed by atoms with Crippen molar-refractivity contribution in [2.24, 2.45) is 0 Å². The van der Waals surface area contributed by atoms with Crippen LogP contribution in [0.25, 0.3) is 10.8 Å². The van der Waals surface area contributed by atoms with Crippen molar-refractivity contribution in [2.75, 3.05) is 25.2 Å². The molecule has 2 heterocycles. The first-order valence-electron chi connectivity index (χ1n) is 6.23. The molecule has 1 aromatic carbocycles. The van der Waals surface area contributed by atoms with Crippen LogP contribution in [0, 0.1) is 0 Å². The Bertz CT molecular complexity index is 747.